The zero-order valence-electron chi connectivity index (χ0n) is 8.87. The number of furan rings is 1. The van der Waals surface area contributed by atoms with Crippen LogP contribution in [0.5, 0.6) is 0 Å². The number of Topliss-reactive ketones (excluding diaryl/α,β-unsaturated/α-hetero) is 1. The van der Waals surface area contributed by atoms with Gasteiger partial charge in [-0.25, -0.2) is 0 Å². The second kappa shape index (κ2) is 4.54. The fourth-order valence-corrected chi connectivity index (χ4v) is 1.72. The molecule has 0 spiro atoms. The summed E-state index contributed by atoms with van der Waals surface area (Å²) in [5, 5.41) is 0.704. The van der Waals surface area contributed by atoms with Gasteiger partial charge in [0.25, 0.3) is 0 Å². The van der Waals surface area contributed by atoms with Gasteiger partial charge >= 0.3 is 0 Å². The zero-order chi connectivity index (χ0) is 11.5. The van der Waals surface area contributed by atoms with Crippen LogP contribution >= 0.6 is 11.6 Å². The van der Waals surface area contributed by atoms with Gasteiger partial charge < -0.3 is 4.42 Å². The lowest BCUT2D eigenvalue weighted by Gasteiger charge is -1.98. The van der Waals surface area contributed by atoms with Crippen molar-refractivity contribution in [2.24, 2.45) is 0 Å². The molecule has 2 aromatic rings. The van der Waals surface area contributed by atoms with Crippen LogP contribution in [0.4, 0.5) is 0 Å². The quantitative estimate of drug-likeness (QED) is 0.758. The molecular weight excluding hydrogens is 224 g/mol. The average Bonchev–Trinajstić information content (AvgIpc) is 2.66. The van der Waals surface area contributed by atoms with E-state index >= 15 is 0 Å². The Hall–Kier alpha value is -1.54. The van der Waals surface area contributed by atoms with E-state index in [2.05, 4.69) is 0 Å². The molecule has 0 bridgehead atoms. The van der Waals surface area contributed by atoms with Gasteiger partial charge in [0.1, 0.15) is 5.76 Å². The normalized spacial score (nSPS) is 10.4. The van der Waals surface area contributed by atoms with Crippen molar-refractivity contribution in [2.45, 2.75) is 13.3 Å². The molecule has 0 radical (unpaired) electrons. The average molecular weight is 235 g/mol. The first-order chi connectivity index (χ1) is 7.65. The summed E-state index contributed by atoms with van der Waals surface area (Å²) >= 11 is 5.88. The topological polar surface area (TPSA) is 30.2 Å². The van der Waals surface area contributed by atoms with Gasteiger partial charge in [-0.15, -0.1) is 0 Å². The highest BCUT2D eigenvalue weighted by Crippen LogP contribution is 2.16. The summed E-state index contributed by atoms with van der Waals surface area (Å²) in [5.41, 5.74) is 1.07. The Labute approximate surface area is 98.8 Å². The van der Waals surface area contributed by atoms with Gasteiger partial charge in [-0.3, -0.25) is 4.79 Å². The molecule has 1 aromatic heterocycles. The van der Waals surface area contributed by atoms with Crippen molar-refractivity contribution in [2.75, 3.05) is 0 Å². The number of hydrogen-bond donors (Lipinski definition) is 0. The Morgan fingerprint density at radius 3 is 2.75 bits per heavy atom. The van der Waals surface area contributed by atoms with E-state index in [0.717, 1.165) is 11.3 Å². The van der Waals surface area contributed by atoms with Gasteiger partial charge in [0.05, 0.1) is 0 Å². The van der Waals surface area contributed by atoms with Crippen molar-refractivity contribution in [1.82, 2.24) is 0 Å². The third kappa shape index (κ3) is 2.52. The molecule has 16 heavy (non-hydrogen) atoms. The third-order valence-corrected chi connectivity index (χ3v) is 2.51. The number of rotatable bonds is 3. The Bertz CT molecular complexity index is 514. The van der Waals surface area contributed by atoms with Crippen LogP contribution in [0.3, 0.4) is 0 Å². The zero-order valence-corrected chi connectivity index (χ0v) is 9.62. The standard InChI is InChI=1S/C13H11ClO2/c1-9(15)13-6-5-12(16-13)8-10-3-2-4-11(14)7-10/h2-7H,8H2,1H3. The molecule has 0 atom stereocenters. The van der Waals surface area contributed by atoms with Crippen LogP contribution in [0.15, 0.2) is 40.8 Å². The maximum Gasteiger partial charge on any atom is 0.194 e. The Morgan fingerprint density at radius 2 is 2.12 bits per heavy atom. The highest BCUT2D eigenvalue weighted by Gasteiger charge is 2.06. The van der Waals surface area contributed by atoms with Crippen LogP contribution in [0.1, 0.15) is 28.8 Å². The minimum absolute atomic E-state index is 0.0580. The number of halogens is 1. The lowest BCUT2D eigenvalue weighted by atomic mass is 10.1. The fourth-order valence-electron chi connectivity index (χ4n) is 1.51. The van der Waals surface area contributed by atoms with Crippen LogP contribution < -0.4 is 0 Å². The van der Waals surface area contributed by atoms with Crippen molar-refractivity contribution in [3.05, 3.63) is 58.5 Å². The SMILES string of the molecule is CC(=O)c1ccc(Cc2cccc(Cl)c2)o1. The molecule has 3 heteroatoms. The molecule has 1 heterocycles. The second-order valence-electron chi connectivity index (χ2n) is 3.63. The predicted molar refractivity (Wildman–Crippen MR) is 63.0 cm³/mol. The van der Waals surface area contributed by atoms with Crippen molar-refractivity contribution in [3.8, 4) is 0 Å². The summed E-state index contributed by atoms with van der Waals surface area (Å²) in [4.78, 5) is 11.1. The second-order valence-corrected chi connectivity index (χ2v) is 4.07. The minimum Gasteiger partial charge on any atom is -0.458 e. The molecule has 1 aromatic carbocycles. The molecule has 2 rings (SSSR count). The van der Waals surface area contributed by atoms with Crippen LogP contribution in [-0.2, 0) is 6.42 Å². The Morgan fingerprint density at radius 1 is 1.31 bits per heavy atom. The van der Waals surface area contributed by atoms with E-state index in [-0.39, 0.29) is 5.78 Å². The molecule has 0 aliphatic rings. The van der Waals surface area contributed by atoms with Crippen LogP contribution in [-0.4, -0.2) is 5.78 Å². The first-order valence-electron chi connectivity index (χ1n) is 4.99. The van der Waals surface area contributed by atoms with Gasteiger partial charge in [-0.2, -0.15) is 0 Å². The van der Waals surface area contributed by atoms with E-state index in [1.54, 1.807) is 6.07 Å². The summed E-state index contributed by atoms with van der Waals surface area (Å²) in [6, 6.07) is 11.1. The predicted octanol–water partition coefficient (Wildman–Crippen LogP) is 3.73. The Balaban J connectivity index is 2.17. The molecule has 0 unspecified atom stereocenters. The van der Waals surface area contributed by atoms with Crippen molar-refractivity contribution in [3.63, 3.8) is 0 Å². The van der Waals surface area contributed by atoms with E-state index in [1.165, 1.54) is 6.92 Å². The number of hydrogen-bond acceptors (Lipinski definition) is 2. The van der Waals surface area contributed by atoms with E-state index in [4.69, 9.17) is 16.0 Å². The molecule has 0 N–H and O–H groups in total. The number of ketones is 1. The van der Waals surface area contributed by atoms with Gasteiger partial charge in [-0.1, -0.05) is 23.7 Å². The number of carbonyl (C=O) groups is 1. The molecule has 0 aliphatic carbocycles. The smallest absolute Gasteiger partial charge is 0.194 e. The number of benzene rings is 1. The first kappa shape index (κ1) is 11.0. The Kier molecular flexibility index (Phi) is 3.11. The molecular formula is C13H11ClO2. The fraction of sp³-hybridized carbons (Fsp3) is 0.154. The van der Waals surface area contributed by atoms with E-state index in [9.17, 15) is 4.79 Å². The van der Waals surface area contributed by atoms with Crippen molar-refractivity contribution in [1.29, 1.82) is 0 Å². The summed E-state index contributed by atoms with van der Waals surface area (Å²) in [6.07, 6.45) is 0.647. The van der Waals surface area contributed by atoms with Gasteiger partial charge in [0.2, 0.25) is 0 Å². The first-order valence-corrected chi connectivity index (χ1v) is 5.37. The highest BCUT2D eigenvalue weighted by atomic mass is 35.5. The van der Waals surface area contributed by atoms with Crippen molar-refractivity contribution >= 4 is 17.4 Å². The summed E-state index contributed by atoms with van der Waals surface area (Å²) in [6.45, 7) is 1.49. The summed E-state index contributed by atoms with van der Waals surface area (Å²) in [7, 11) is 0. The molecule has 0 saturated heterocycles. The summed E-state index contributed by atoms with van der Waals surface area (Å²) in [5.74, 6) is 1.11. The van der Waals surface area contributed by atoms with Gasteiger partial charge in [0, 0.05) is 18.4 Å². The molecule has 0 saturated carbocycles. The van der Waals surface area contributed by atoms with Gasteiger partial charge in [0.15, 0.2) is 11.5 Å². The van der Waals surface area contributed by atoms with Crippen LogP contribution in [0, 0.1) is 0 Å². The molecule has 82 valence electrons. The molecule has 2 nitrogen and oxygen atoms in total. The van der Waals surface area contributed by atoms with E-state index in [0.29, 0.717) is 17.2 Å². The monoisotopic (exact) mass is 234 g/mol. The minimum atomic E-state index is -0.0580. The summed E-state index contributed by atoms with van der Waals surface area (Å²) < 4.78 is 5.40. The number of carbonyl (C=O) groups excluding carboxylic acids is 1. The molecule has 0 amide bonds. The largest absolute Gasteiger partial charge is 0.458 e. The lowest BCUT2D eigenvalue weighted by molar-refractivity contribution is 0.0985. The van der Waals surface area contributed by atoms with Gasteiger partial charge in [-0.05, 0) is 29.8 Å². The maximum atomic E-state index is 11.1. The third-order valence-electron chi connectivity index (χ3n) is 2.28. The van der Waals surface area contributed by atoms with E-state index < -0.39 is 0 Å². The van der Waals surface area contributed by atoms with E-state index in [1.807, 2.05) is 30.3 Å². The van der Waals surface area contributed by atoms with Crippen LogP contribution in [0.25, 0.3) is 0 Å². The molecule has 0 fully saturated rings. The van der Waals surface area contributed by atoms with Crippen LogP contribution in [0.2, 0.25) is 5.02 Å². The molecule has 0 aliphatic heterocycles. The lowest BCUT2D eigenvalue weighted by Crippen LogP contribution is -1.88. The maximum absolute atomic E-state index is 11.1. The highest BCUT2D eigenvalue weighted by molar-refractivity contribution is 6.30. The van der Waals surface area contributed by atoms with Crippen molar-refractivity contribution < 1.29 is 9.21 Å².